The van der Waals surface area contributed by atoms with Crippen molar-refractivity contribution in [3.05, 3.63) is 120 Å². The number of hydrogen-bond acceptors (Lipinski definition) is 6. The summed E-state index contributed by atoms with van der Waals surface area (Å²) in [5.74, 6) is -0.553. The van der Waals surface area contributed by atoms with Crippen LogP contribution in [0.5, 0.6) is 11.5 Å². The Morgan fingerprint density at radius 2 is 1.50 bits per heavy atom. The monoisotopic (exact) mass is 613 g/mol. The van der Waals surface area contributed by atoms with Gasteiger partial charge in [-0.15, -0.1) is 11.8 Å². The third kappa shape index (κ3) is 8.95. The first kappa shape index (κ1) is 31.8. The van der Waals surface area contributed by atoms with Gasteiger partial charge in [-0.25, -0.2) is 4.39 Å². The molecule has 10 heteroatoms. The Bertz CT molecular complexity index is 1620. The minimum atomic E-state index is -0.572. The van der Waals surface area contributed by atoms with Gasteiger partial charge in [-0.1, -0.05) is 43.3 Å². The lowest BCUT2D eigenvalue weighted by Crippen LogP contribution is -2.30. The van der Waals surface area contributed by atoms with Gasteiger partial charge in [-0.2, -0.15) is 0 Å². The third-order valence-electron chi connectivity index (χ3n) is 6.36. The molecule has 0 spiro atoms. The summed E-state index contributed by atoms with van der Waals surface area (Å²) in [6.45, 7) is 1.91. The zero-order valence-electron chi connectivity index (χ0n) is 24.4. The predicted octanol–water partition coefficient (Wildman–Crippen LogP) is 6.76. The Kier molecular flexibility index (Phi) is 11.1. The molecule has 3 N–H and O–H groups in total. The van der Waals surface area contributed by atoms with Crippen LogP contribution in [0.15, 0.2) is 108 Å². The van der Waals surface area contributed by atoms with Gasteiger partial charge in [0.05, 0.1) is 19.5 Å². The van der Waals surface area contributed by atoms with Gasteiger partial charge in [0.1, 0.15) is 23.0 Å². The normalized spacial score (nSPS) is 11.7. The van der Waals surface area contributed by atoms with Crippen molar-refractivity contribution in [3.8, 4) is 11.5 Å². The molecule has 3 amide bonds. The molecule has 0 saturated heterocycles. The second-order valence-corrected chi connectivity index (χ2v) is 10.8. The number of amides is 3. The van der Waals surface area contributed by atoms with Crippen LogP contribution in [-0.2, 0) is 9.59 Å². The van der Waals surface area contributed by atoms with E-state index in [9.17, 15) is 18.8 Å². The van der Waals surface area contributed by atoms with Crippen LogP contribution in [0.3, 0.4) is 0 Å². The maximum Gasteiger partial charge on any atom is 0.272 e. The summed E-state index contributed by atoms with van der Waals surface area (Å²) in [5.41, 5.74) is 1.89. The molecule has 0 fully saturated rings. The zero-order chi connectivity index (χ0) is 31.5. The van der Waals surface area contributed by atoms with E-state index in [1.807, 2.05) is 13.0 Å². The Balaban J connectivity index is 1.49. The largest absolute Gasteiger partial charge is 0.497 e. The number of benzene rings is 4. The van der Waals surface area contributed by atoms with Crippen LogP contribution < -0.4 is 25.4 Å². The van der Waals surface area contributed by atoms with Crippen molar-refractivity contribution in [1.29, 1.82) is 0 Å². The van der Waals surface area contributed by atoms with E-state index < -0.39 is 22.9 Å². The second kappa shape index (κ2) is 15.4. The van der Waals surface area contributed by atoms with Gasteiger partial charge in [0, 0.05) is 40.0 Å². The maximum atomic E-state index is 13.5. The highest BCUT2D eigenvalue weighted by atomic mass is 32.2. The van der Waals surface area contributed by atoms with Crippen LogP contribution in [0.2, 0.25) is 0 Å². The Morgan fingerprint density at radius 1 is 0.818 bits per heavy atom. The van der Waals surface area contributed by atoms with E-state index in [2.05, 4.69) is 16.0 Å². The fourth-order valence-electron chi connectivity index (χ4n) is 4.10. The number of carbonyl (C=O) groups excluding carboxylic acids is 3. The summed E-state index contributed by atoms with van der Waals surface area (Å²) in [5, 5.41) is 7.97. The number of ether oxygens (including phenoxy) is 2. The number of halogens is 1. The van der Waals surface area contributed by atoms with Crippen LogP contribution in [0.4, 0.5) is 15.8 Å². The van der Waals surface area contributed by atoms with E-state index in [-0.39, 0.29) is 11.6 Å². The topological polar surface area (TPSA) is 106 Å². The van der Waals surface area contributed by atoms with Gasteiger partial charge in [0.2, 0.25) is 5.91 Å². The number of nitrogens with one attached hydrogen (secondary N) is 3. The van der Waals surface area contributed by atoms with E-state index in [0.29, 0.717) is 40.4 Å². The lowest BCUT2D eigenvalue weighted by Gasteiger charge is -2.17. The van der Waals surface area contributed by atoms with E-state index in [4.69, 9.17) is 9.47 Å². The van der Waals surface area contributed by atoms with Crippen molar-refractivity contribution in [2.45, 2.75) is 23.5 Å². The number of carbonyl (C=O) groups is 3. The molecule has 226 valence electrons. The molecule has 8 nitrogen and oxygen atoms in total. The Hall–Kier alpha value is -5.09. The van der Waals surface area contributed by atoms with Crippen molar-refractivity contribution in [2.75, 3.05) is 24.9 Å². The quantitative estimate of drug-likeness (QED) is 0.120. The van der Waals surface area contributed by atoms with E-state index >= 15 is 0 Å². The SMILES string of the molecule is CCC(Sc1cccc(NC(=O)/C(=C/c2ccc(F)cc2)NC(=O)c2ccccc2)c1)C(=O)Nc1cc(OC)cc(OC)c1. The van der Waals surface area contributed by atoms with Gasteiger partial charge in [-0.05, 0) is 60.5 Å². The van der Waals surface area contributed by atoms with Crippen LogP contribution in [0.1, 0.15) is 29.3 Å². The summed E-state index contributed by atoms with van der Waals surface area (Å²) < 4.78 is 24.1. The molecule has 4 aromatic carbocycles. The molecule has 1 atom stereocenters. The highest BCUT2D eigenvalue weighted by molar-refractivity contribution is 8.00. The van der Waals surface area contributed by atoms with Gasteiger partial charge >= 0.3 is 0 Å². The summed E-state index contributed by atoms with van der Waals surface area (Å²) in [6, 6.07) is 26.3. The van der Waals surface area contributed by atoms with Gasteiger partial charge in [0.15, 0.2) is 0 Å². The van der Waals surface area contributed by atoms with Crippen molar-refractivity contribution in [3.63, 3.8) is 0 Å². The molecule has 4 rings (SSSR count). The van der Waals surface area contributed by atoms with Crippen molar-refractivity contribution < 1.29 is 28.2 Å². The number of anilines is 2. The molecule has 1 unspecified atom stereocenters. The van der Waals surface area contributed by atoms with E-state index in [1.165, 1.54) is 56.3 Å². The molecular weight excluding hydrogens is 581 g/mol. The smallest absolute Gasteiger partial charge is 0.272 e. The number of hydrogen-bond donors (Lipinski definition) is 3. The molecule has 4 aromatic rings. The third-order valence-corrected chi connectivity index (χ3v) is 7.72. The van der Waals surface area contributed by atoms with Crippen LogP contribution in [0.25, 0.3) is 6.08 Å². The summed E-state index contributed by atoms with van der Waals surface area (Å²) in [4.78, 5) is 40.2. The molecule has 0 saturated carbocycles. The molecule has 0 aliphatic rings. The molecule has 0 aliphatic carbocycles. The van der Waals surface area contributed by atoms with Crippen molar-refractivity contribution in [2.24, 2.45) is 0 Å². The number of methoxy groups -OCH3 is 2. The minimum absolute atomic E-state index is 0.0250. The zero-order valence-corrected chi connectivity index (χ0v) is 25.2. The first-order valence-electron chi connectivity index (χ1n) is 13.7. The molecular formula is C34H32FN3O5S. The first-order chi connectivity index (χ1) is 21.3. The fraction of sp³-hybridized carbons (Fsp3) is 0.147. The average molecular weight is 614 g/mol. The summed E-state index contributed by atoms with van der Waals surface area (Å²) >= 11 is 1.35. The van der Waals surface area contributed by atoms with Crippen LogP contribution >= 0.6 is 11.8 Å². The maximum absolute atomic E-state index is 13.5. The lowest BCUT2D eigenvalue weighted by atomic mass is 10.1. The Morgan fingerprint density at radius 3 is 2.14 bits per heavy atom. The van der Waals surface area contributed by atoms with Crippen LogP contribution in [-0.4, -0.2) is 37.2 Å². The van der Waals surface area contributed by atoms with Gasteiger partial charge in [0.25, 0.3) is 11.8 Å². The van der Waals surface area contributed by atoms with E-state index in [0.717, 1.165) is 4.90 Å². The van der Waals surface area contributed by atoms with Gasteiger partial charge in [-0.3, -0.25) is 14.4 Å². The lowest BCUT2D eigenvalue weighted by molar-refractivity contribution is -0.116. The second-order valence-electron chi connectivity index (χ2n) is 9.52. The summed E-state index contributed by atoms with van der Waals surface area (Å²) in [6.07, 6.45) is 2.02. The highest BCUT2D eigenvalue weighted by Crippen LogP contribution is 2.30. The average Bonchev–Trinajstić information content (AvgIpc) is 3.04. The van der Waals surface area contributed by atoms with Gasteiger partial charge < -0.3 is 25.4 Å². The molecule has 0 aromatic heterocycles. The minimum Gasteiger partial charge on any atom is -0.497 e. The van der Waals surface area contributed by atoms with Crippen molar-refractivity contribution in [1.82, 2.24) is 5.32 Å². The highest BCUT2D eigenvalue weighted by Gasteiger charge is 2.20. The Labute approximate surface area is 259 Å². The van der Waals surface area contributed by atoms with Crippen LogP contribution in [0, 0.1) is 5.82 Å². The first-order valence-corrected chi connectivity index (χ1v) is 14.6. The summed E-state index contributed by atoms with van der Waals surface area (Å²) in [7, 11) is 3.07. The molecule has 0 aliphatic heterocycles. The number of thioether (sulfide) groups is 1. The molecule has 0 bridgehead atoms. The number of rotatable bonds is 12. The molecule has 44 heavy (non-hydrogen) atoms. The standard InChI is InChI=1S/C34H32FN3O5S/c1-4-31(34(41)37-26-18-27(42-2)21-28(19-26)43-3)44-29-12-8-11-25(20-29)36-33(40)30(17-22-13-15-24(35)16-14-22)38-32(39)23-9-6-5-7-10-23/h5-21,31H,4H2,1-3H3,(H,36,40)(H,37,41)(H,38,39)/b30-17-. The predicted molar refractivity (Wildman–Crippen MR) is 171 cm³/mol. The molecule has 0 radical (unpaired) electrons. The fourth-order valence-corrected chi connectivity index (χ4v) is 5.12. The molecule has 0 heterocycles. The van der Waals surface area contributed by atoms with Crippen molar-refractivity contribution >= 4 is 46.9 Å². The van der Waals surface area contributed by atoms with E-state index in [1.54, 1.807) is 66.7 Å².